The van der Waals surface area contributed by atoms with Crippen LogP contribution in [-0.2, 0) is 24.2 Å². The minimum atomic E-state index is 0.0807. The highest BCUT2D eigenvalue weighted by molar-refractivity contribution is 5.83. The number of hydrogen-bond acceptors (Lipinski definition) is 2. The minimum absolute atomic E-state index is 0.0807. The Morgan fingerprint density at radius 2 is 2.15 bits per heavy atom. The number of hydrogen-bond donors (Lipinski definition) is 1. The lowest BCUT2D eigenvalue weighted by Gasteiger charge is -2.17. The molecule has 0 amide bonds. The van der Waals surface area contributed by atoms with E-state index >= 15 is 0 Å². The Bertz CT molecular complexity index is 342. The maximum atomic E-state index is 11.2. The lowest BCUT2D eigenvalue weighted by molar-refractivity contribution is -0.118. The number of aliphatic hydroxyl groups is 1. The molecule has 1 aromatic carbocycles. The molecule has 2 nitrogen and oxygen atoms in total. The lowest BCUT2D eigenvalue weighted by atomic mass is 9.88. The van der Waals surface area contributed by atoms with Crippen molar-refractivity contribution in [1.29, 1.82) is 0 Å². The number of aliphatic hydroxyl groups excluding tert-OH is 1. The molecular formula is C11H12O2. The molecule has 0 radical (unpaired) electrons. The summed E-state index contributed by atoms with van der Waals surface area (Å²) in [6.07, 6.45) is 1.97. The van der Waals surface area contributed by atoms with Crippen molar-refractivity contribution in [3.8, 4) is 0 Å². The molecule has 0 aromatic heterocycles. The molecule has 0 spiro atoms. The molecule has 1 aliphatic rings. The maximum Gasteiger partial charge on any atom is 0.137 e. The highest BCUT2D eigenvalue weighted by Gasteiger charge is 2.17. The van der Waals surface area contributed by atoms with Crippen LogP contribution in [0.4, 0.5) is 0 Å². The van der Waals surface area contributed by atoms with Crippen molar-refractivity contribution in [3.63, 3.8) is 0 Å². The molecule has 0 unspecified atom stereocenters. The molecule has 1 aromatic rings. The molecule has 1 aliphatic carbocycles. The van der Waals surface area contributed by atoms with Crippen molar-refractivity contribution in [3.05, 3.63) is 34.9 Å². The largest absolute Gasteiger partial charge is 0.392 e. The van der Waals surface area contributed by atoms with Crippen LogP contribution in [0, 0.1) is 0 Å². The molecule has 13 heavy (non-hydrogen) atoms. The predicted molar refractivity (Wildman–Crippen MR) is 49.4 cm³/mol. The van der Waals surface area contributed by atoms with Gasteiger partial charge in [-0.15, -0.1) is 0 Å². The zero-order valence-corrected chi connectivity index (χ0v) is 7.42. The molecule has 0 aliphatic heterocycles. The van der Waals surface area contributed by atoms with E-state index in [1.165, 1.54) is 5.56 Å². The Kier molecular flexibility index (Phi) is 2.15. The monoisotopic (exact) mass is 176 g/mol. The van der Waals surface area contributed by atoms with Crippen molar-refractivity contribution in [1.82, 2.24) is 0 Å². The second-order valence-electron chi connectivity index (χ2n) is 3.43. The molecule has 1 N–H and O–H groups in total. The molecule has 0 saturated heterocycles. The van der Waals surface area contributed by atoms with Gasteiger partial charge in [-0.05, 0) is 23.1 Å². The average Bonchev–Trinajstić information content (AvgIpc) is 2.16. The lowest BCUT2D eigenvalue weighted by Crippen LogP contribution is -2.14. The molecule has 0 saturated carbocycles. The first-order chi connectivity index (χ1) is 6.31. The summed E-state index contributed by atoms with van der Waals surface area (Å²) in [4.78, 5) is 11.2. The van der Waals surface area contributed by atoms with Gasteiger partial charge in [-0.2, -0.15) is 0 Å². The van der Waals surface area contributed by atoms with Crippen molar-refractivity contribution >= 4 is 5.78 Å². The maximum absolute atomic E-state index is 11.2. The van der Waals surface area contributed by atoms with Gasteiger partial charge in [0, 0.05) is 12.8 Å². The standard InChI is InChI=1S/C11H12O2/c12-7-9-3-1-2-8-6-10(13)4-5-11(8)9/h1-3,12H,4-7H2. The smallest absolute Gasteiger partial charge is 0.137 e. The second kappa shape index (κ2) is 3.30. The number of rotatable bonds is 1. The van der Waals surface area contributed by atoms with E-state index in [2.05, 4.69) is 0 Å². The summed E-state index contributed by atoms with van der Waals surface area (Å²) in [5, 5.41) is 9.07. The van der Waals surface area contributed by atoms with Crippen molar-refractivity contribution in [2.24, 2.45) is 0 Å². The quantitative estimate of drug-likeness (QED) is 0.699. The Morgan fingerprint density at radius 3 is 2.92 bits per heavy atom. The third-order valence-corrected chi connectivity index (χ3v) is 2.58. The zero-order valence-electron chi connectivity index (χ0n) is 7.42. The van der Waals surface area contributed by atoms with E-state index in [1.807, 2.05) is 18.2 Å². The highest BCUT2D eigenvalue weighted by atomic mass is 16.3. The van der Waals surface area contributed by atoms with Gasteiger partial charge in [-0.25, -0.2) is 0 Å². The normalized spacial score (nSPS) is 15.6. The summed E-state index contributed by atoms with van der Waals surface area (Å²) in [5.74, 6) is 0.308. The summed E-state index contributed by atoms with van der Waals surface area (Å²) in [7, 11) is 0. The number of fused-ring (bicyclic) bond motifs is 1. The molecular weight excluding hydrogens is 164 g/mol. The van der Waals surface area contributed by atoms with Crippen LogP contribution in [0.1, 0.15) is 23.1 Å². The molecule has 0 atom stereocenters. The van der Waals surface area contributed by atoms with Crippen molar-refractivity contribution < 1.29 is 9.90 Å². The van der Waals surface area contributed by atoms with E-state index < -0.39 is 0 Å². The van der Waals surface area contributed by atoms with E-state index in [4.69, 9.17) is 5.11 Å². The number of carbonyl (C=O) groups excluding carboxylic acids is 1. The van der Waals surface area contributed by atoms with Crippen LogP contribution in [0.25, 0.3) is 0 Å². The summed E-state index contributed by atoms with van der Waals surface area (Å²) in [6.45, 7) is 0.0807. The van der Waals surface area contributed by atoms with Crippen LogP contribution in [0.5, 0.6) is 0 Å². The van der Waals surface area contributed by atoms with Gasteiger partial charge in [0.15, 0.2) is 0 Å². The van der Waals surface area contributed by atoms with Gasteiger partial charge < -0.3 is 5.11 Å². The van der Waals surface area contributed by atoms with E-state index in [-0.39, 0.29) is 6.61 Å². The van der Waals surface area contributed by atoms with Gasteiger partial charge in [0.2, 0.25) is 0 Å². The average molecular weight is 176 g/mol. The van der Waals surface area contributed by atoms with E-state index in [0.717, 1.165) is 17.5 Å². The van der Waals surface area contributed by atoms with E-state index in [1.54, 1.807) is 0 Å². The Morgan fingerprint density at radius 1 is 1.31 bits per heavy atom. The number of carbonyl (C=O) groups is 1. The fraction of sp³-hybridized carbons (Fsp3) is 0.364. The molecule has 0 heterocycles. The Balaban J connectivity index is 2.45. The summed E-state index contributed by atoms with van der Waals surface area (Å²) in [5.41, 5.74) is 3.26. The second-order valence-corrected chi connectivity index (χ2v) is 3.43. The van der Waals surface area contributed by atoms with Crippen molar-refractivity contribution in [2.45, 2.75) is 25.9 Å². The minimum Gasteiger partial charge on any atom is -0.392 e. The number of benzene rings is 1. The van der Waals surface area contributed by atoms with Gasteiger partial charge in [0.25, 0.3) is 0 Å². The van der Waals surface area contributed by atoms with E-state index in [0.29, 0.717) is 18.6 Å². The molecule has 2 heteroatoms. The van der Waals surface area contributed by atoms with E-state index in [9.17, 15) is 4.79 Å². The van der Waals surface area contributed by atoms with Crippen LogP contribution < -0.4 is 0 Å². The molecule has 0 bridgehead atoms. The van der Waals surface area contributed by atoms with Gasteiger partial charge in [-0.1, -0.05) is 18.2 Å². The van der Waals surface area contributed by atoms with Gasteiger partial charge in [0.05, 0.1) is 6.61 Å². The van der Waals surface area contributed by atoms with Gasteiger partial charge in [-0.3, -0.25) is 4.79 Å². The van der Waals surface area contributed by atoms with Crippen LogP contribution >= 0.6 is 0 Å². The number of ketones is 1. The van der Waals surface area contributed by atoms with Gasteiger partial charge in [0.1, 0.15) is 5.78 Å². The van der Waals surface area contributed by atoms with Crippen molar-refractivity contribution in [2.75, 3.05) is 0 Å². The Labute approximate surface area is 77.2 Å². The SMILES string of the molecule is O=C1CCc2c(CO)cccc2C1. The fourth-order valence-electron chi connectivity index (χ4n) is 1.89. The van der Waals surface area contributed by atoms with Crippen LogP contribution in [0.3, 0.4) is 0 Å². The first-order valence-corrected chi connectivity index (χ1v) is 4.53. The first-order valence-electron chi connectivity index (χ1n) is 4.53. The fourth-order valence-corrected chi connectivity index (χ4v) is 1.89. The Hall–Kier alpha value is -1.15. The zero-order chi connectivity index (χ0) is 9.26. The molecule has 68 valence electrons. The molecule has 0 fully saturated rings. The first kappa shape index (κ1) is 8.45. The third-order valence-electron chi connectivity index (χ3n) is 2.58. The summed E-state index contributed by atoms with van der Waals surface area (Å²) in [6, 6.07) is 5.81. The summed E-state index contributed by atoms with van der Waals surface area (Å²) >= 11 is 0. The van der Waals surface area contributed by atoms with Crippen LogP contribution in [-0.4, -0.2) is 10.9 Å². The highest BCUT2D eigenvalue weighted by Crippen LogP contribution is 2.22. The van der Waals surface area contributed by atoms with Crippen LogP contribution in [0.15, 0.2) is 18.2 Å². The van der Waals surface area contributed by atoms with Crippen LogP contribution in [0.2, 0.25) is 0 Å². The number of Topliss-reactive ketones (excluding diaryl/α,β-unsaturated/α-hetero) is 1. The third kappa shape index (κ3) is 1.49. The molecule has 2 rings (SSSR count). The topological polar surface area (TPSA) is 37.3 Å². The van der Waals surface area contributed by atoms with Gasteiger partial charge >= 0.3 is 0 Å². The predicted octanol–water partition coefficient (Wildman–Crippen LogP) is 1.24. The summed E-state index contributed by atoms with van der Waals surface area (Å²) < 4.78 is 0.